The smallest absolute Gasteiger partial charge is 0.381 e. The van der Waals surface area contributed by atoms with Gasteiger partial charge in [-0.25, -0.2) is 4.79 Å². The molecular formula is C21H25F3N2O2. The molecule has 28 heavy (non-hydrogen) atoms. The first-order valence-electron chi connectivity index (χ1n) is 9.24. The zero-order valence-electron chi connectivity index (χ0n) is 15.6. The quantitative estimate of drug-likeness (QED) is 0.594. The van der Waals surface area contributed by atoms with E-state index in [0.717, 1.165) is 24.1 Å². The highest BCUT2D eigenvalue weighted by Crippen LogP contribution is 2.29. The number of urea groups is 1. The van der Waals surface area contributed by atoms with Crippen LogP contribution in [0.15, 0.2) is 54.6 Å². The second kappa shape index (κ2) is 11.3. The number of hydrogen-bond acceptors (Lipinski definition) is 2. The summed E-state index contributed by atoms with van der Waals surface area (Å²) in [5, 5.41) is 5.41. The van der Waals surface area contributed by atoms with Gasteiger partial charge in [0, 0.05) is 19.7 Å². The van der Waals surface area contributed by atoms with Gasteiger partial charge in [-0.05, 0) is 42.5 Å². The standard InChI is InChI=1S/C21H25F3N2O2/c22-21(23,24)19-9-7-18(8-10-19)11-14-26-20(27)25-13-4-15-28-16-12-17-5-2-1-3-6-17/h1-3,5-10H,4,11-16H2,(H2,25,26,27). The van der Waals surface area contributed by atoms with E-state index in [1.807, 2.05) is 18.2 Å². The second-order valence-electron chi connectivity index (χ2n) is 6.33. The molecule has 0 saturated carbocycles. The van der Waals surface area contributed by atoms with Crippen molar-refractivity contribution in [3.8, 4) is 0 Å². The molecule has 0 spiro atoms. The fourth-order valence-corrected chi connectivity index (χ4v) is 2.56. The predicted octanol–water partition coefficient (Wildman–Crippen LogP) is 4.20. The van der Waals surface area contributed by atoms with E-state index in [9.17, 15) is 18.0 Å². The van der Waals surface area contributed by atoms with E-state index in [4.69, 9.17) is 4.74 Å². The van der Waals surface area contributed by atoms with Crippen LogP contribution in [-0.2, 0) is 23.8 Å². The van der Waals surface area contributed by atoms with Gasteiger partial charge in [0.25, 0.3) is 0 Å². The Morgan fingerprint density at radius 2 is 1.46 bits per heavy atom. The van der Waals surface area contributed by atoms with Crippen LogP contribution in [0.5, 0.6) is 0 Å². The molecule has 0 aliphatic carbocycles. The van der Waals surface area contributed by atoms with Crippen LogP contribution in [0.3, 0.4) is 0 Å². The number of halogens is 3. The number of benzene rings is 2. The average molecular weight is 394 g/mol. The molecule has 0 bridgehead atoms. The highest BCUT2D eigenvalue weighted by Gasteiger charge is 2.29. The first-order valence-corrected chi connectivity index (χ1v) is 9.24. The van der Waals surface area contributed by atoms with Crippen molar-refractivity contribution in [3.63, 3.8) is 0 Å². The van der Waals surface area contributed by atoms with Crippen molar-refractivity contribution in [1.82, 2.24) is 10.6 Å². The number of ether oxygens (including phenoxy) is 1. The summed E-state index contributed by atoms with van der Waals surface area (Å²) in [5.74, 6) is 0. The molecule has 2 rings (SSSR count). The van der Waals surface area contributed by atoms with Gasteiger partial charge >= 0.3 is 12.2 Å². The van der Waals surface area contributed by atoms with E-state index >= 15 is 0 Å². The van der Waals surface area contributed by atoms with Crippen LogP contribution in [0.2, 0.25) is 0 Å². The summed E-state index contributed by atoms with van der Waals surface area (Å²) in [7, 11) is 0. The van der Waals surface area contributed by atoms with Crippen molar-refractivity contribution in [2.45, 2.75) is 25.4 Å². The molecule has 0 aliphatic heterocycles. The predicted molar refractivity (Wildman–Crippen MR) is 102 cm³/mol. The first-order chi connectivity index (χ1) is 13.4. The van der Waals surface area contributed by atoms with Crippen molar-refractivity contribution in [1.29, 1.82) is 0 Å². The third kappa shape index (κ3) is 8.43. The fraction of sp³-hybridized carbons (Fsp3) is 0.381. The van der Waals surface area contributed by atoms with Crippen molar-refractivity contribution in [2.75, 3.05) is 26.3 Å². The molecule has 0 saturated heterocycles. The van der Waals surface area contributed by atoms with Crippen LogP contribution >= 0.6 is 0 Å². The minimum Gasteiger partial charge on any atom is -0.381 e. The molecule has 7 heteroatoms. The Bertz CT molecular complexity index is 704. The van der Waals surface area contributed by atoms with Gasteiger partial charge in [-0.15, -0.1) is 0 Å². The molecule has 152 valence electrons. The second-order valence-corrected chi connectivity index (χ2v) is 6.33. The van der Waals surface area contributed by atoms with E-state index in [1.54, 1.807) is 0 Å². The lowest BCUT2D eigenvalue weighted by Gasteiger charge is -2.09. The third-order valence-corrected chi connectivity index (χ3v) is 4.11. The van der Waals surface area contributed by atoms with Gasteiger partial charge in [-0.1, -0.05) is 42.5 Å². The topological polar surface area (TPSA) is 50.4 Å². The minimum atomic E-state index is -4.33. The molecule has 0 atom stereocenters. The van der Waals surface area contributed by atoms with Crippen LogP contribution in [-0.4, -0.2) is 32.3 Å². The number of hydrogen-bond donors (Lipinski definition) is 2. The molecule has 0 fully saturated rings. The Balaban J connectivity index is 1.49. The van der Waals surface area contributed by atoms with E-state index in [2.05, 4.69) is 22.8 Å². The van der Waals surface area contributed by atoms with Gasteiger partial charge in [0.1, 0.15) is 0 Å². The summed E-state index contributed by atoms with van der Waals surface area (Å²) >= 11 is 0. The maximum atomic E-state index is 12.5. The Labute approximate surface area is 163 Å². The van der Waals surface area contributed by atoms with Gasteiger partial charge in [0.2, 0.25) is 0 Å². The van der Waals surface area contributed by atoms with Gasteiger partial charge < -0.3 is 15.4 Å². The SMILES string of the molecule is O=C(NCCCOCCc1ccccc1)NCCc1ccc(C(F)(F)F)cc1. The largest absolute Gasteiger partial charge is 0.416 e. The van der Waals surface area contributed by atoms with Crippen LogP contribution in [0.4, 0.5) is 18.0 Å². The zero-order valence-corrected chi connectivity index (χ0v) is 15.6. The molecule has 0 radical (unpaired) electrons. The zero-order chi connectivity index (χ0) is 20.2. The molecule has 2 N–H and O–H groups in total. The molecule has 2 amide bonds. The summed E-state index contributed by atoms with van der Waals surface area (Å²) in [6.45, 7) is 2.06. The minimum absolute atomic E-state index is 0.295. The lowest BCUT2D eigenvalue weighted by molar-refractivity contribution is -0.137. The number of nitrogens with one attached hydrogen (secondary N) is 2. The van der Waals surface area contributed by atoms with E-state index in [1.165, 1.54) is 17.7 Å². The normalized spacial score (nSPS) is 11.2. The highest BCUT2D eigenvalue weighted by molar-refractivity contribution is 5.73. The molecule has 4 nitrogen and oxygen atoms in total. The monoisotopic (exact) mass is 394 g/mol. The molecule has 0 aromatic heterocycles. The van der Waals surface area contributed by atoms with Gasteiger partial charge in [-0.3, -0.25) is 0 Å². The molecule has 2 aromatic rings. The Kier molecular flexibility index (Phi) is 8.81. The van der Waals surface area contributed by atoms with Crippen LogP contribution < -0.4 is 10.6 Å². The molecule has 2 aromatic carbocycles. The summed E-state index contributed by atoms with van der Waals surface area (Å²) in [5.41, 5.74) is 1.29. The Hall–Kier alpha value is -2.54. The first kappa shape index (κ1) is 21.8. The van der Waals surface area contributed by atoms with Crippen LogP contribution in [0, 0.1) is 0 Å². The van der Waals surface area contributed by atoms with Crippen molar-refractivity contribution < 1.29 is 22.7 Å². The van der Waals surface area contributed by atoms with Crippen molar-refractivity contribution in [3.05, 3.63) is 71.3 Å². The Morgan fingerprint density at radius 3 is 2.14 bits per heavy atom. The fourth-order valence-electron chi connectivity index (χ4n) is 2.56. The summed E-state index contributed by atoms with van der Waals surface area (Å²) < 4.78 is 43.0. The Morgan fingerprint density at radius 1 is 0.821 bits per heavy atom. The van der Waals surface area contributed by atoms with E-state index < -0.39 is 11.7 Å². The summed E-state index contributed by atoms with van der Waals surface area (Å²) in [6.07, 6.45) is -2.30. The molecule has 0 aliphatic rings. The number of alkyl halides is 3. The van der Waals surface area contributed by atoms with E-state index in [0.29, 0.717) is 39.1 Å². The summed E-state index contributed by atoms with van der Waals surface area (Å²) in [4.78, 5) is 11.7. The maximum absolute atomic E-state index is 12.5. The van der Waals surface area contributed by atoms with Gasteiger partial charge in [-0.2, -0.15) is 13.2 Å². The number of carbonyl (C=O) groups excluding carboxylic acids is 1. The molecular weight excluding hydrogens is 369 g/mol. The lowest BCUT2D eigenvalue weighted by Crippen LogP contribution is -2.37. The molecule has 0 unspecified atom stereocenters. The van der Waals surface area contributed by atoms with Crippen LogP contribution in [0.1, 0.15) is 23.1 Å². The number of carbonyl (C=O) groups is 1. The highest BCUT2D eigenvalue weighted by atomic mass is 19.4. The van der Waals surface area contributed by atoms with Crippen molar-refractivity contribution >= 4 is 6.03 Å². The molecule has 0 heterocycles. The summed E-state index contributed by atoms with van der Waals surface area (Å²) in [6, 6.07) is 14.7. The van der Waals surface area contributed by atoms with Crippen LogP contribution in [0.25, 0.3) is 0 Å². The lowest BCUT2D eigenvalue weighted by atomic mass is 10.1. The number of amides is 2. The van der Waals surface area contributed by atoms with E-state index in [-0.39, 0.29) is 6.03 Å². The van der Waals surface area contributed by atoms with Gasteiger partial charge in [0.05, 0.1) is 12.2 Å². The third-order valence-electron chi connectivity index (χ3n) is 4.11. The average Bonchev–Trinajstić information content (AvgIpc) is 2.68. The maximum Gasteiger partial charge on any atom is 0.416 e. The van der Waals surface area contributed by atoms with Crippen molar-refractivity contribution in [2.24, 2.45) is 0 Å². The van der Waals surface area contributed by atoms with Gasteiger partial charge in [0.15, 0.2) is 0 Å². The number of rotatable bonds is 10.